The largest absolute Gasteiger partial charge is 0.395 e. The van der Waals surface area contributed by atoms with E-state index in [1.807, 2.05) is 36.4 Å². The van der Waals surface area contributed by atoms with Gasteiger partial charge in [-0.15, -0.1) is 0 Å². The maximum Gasteiger partial charge on any atom is 0.258 e. The summed E-state index contributed by atoms with van der Waals surface area (Å²) in [5.41, 5.74) is 4.47. The van der Waals surface area contributed by atoms with Gasteiger partial charge in [0.2, 0.25) is 0 Å². The first-order valence-corrected chi connectivity index (χ1v) is 8.66. The Kier molecular flexibility index (Phi) is 4.11. The second kappa shape index (κ2) is 6.43. The van der Waals surface area contributed by atoms with Gasteiger partial charge in [-0.25, -0.2) is 0 Å². The van der Waals surface area contributed by atoms with Crippen molar-refractivity contribution in [1.82, 2.24) is 9.88 Å². The van der Waals surface area contributed by atoms with Crippen molar-refractivity contribution < 1.29 is 9.90 Å². The molecule has 0 aliphatic heterocycles. The summed E-state index contributed by atoms with van der Waals surface area (Å²) in [5.74, 6) is 0.0224. The van der Waals surface area contributed by atoms with E-state index in [0.29, 0.717) is 36.3 Å². The van der Waals surface area contributed by atoms with Crippen LogP contribution in [0.1, 0.15) is 33.5 Å². The topological polar surface area (TPSA) is 71.3 Å². The lowest BCUT2D eigenvalue weighted by Gasteiger charge is -2.19. The average Bonchev–Trinajstić information content (AvgIpc) is 2.94. The minimum atomic E-state index is -0.0417. The van der Waals surface area contributed by atoms with Crippen LogP contribution in [-0.4, -0.2) is 35.2 Å². The lowest BCUT2D eigenvalue weighted by Crippen LogP contribution is -2.32. The molecular weight excluding hydrogens is 316 g/mol. The first-order chi connectivity index (χ1) is 12.2. The minimum absolute atomic E-state index is 0.0224. The molecule has 2 aliphatic rings. The van der Waals surface area contributed by atoms with E-state index in [-0.39, 0.29) is 17.9 Å². The molecule has 0 amide bonds. The van der Waals surface area contributed by atoms with Gasteiger partial charge in [0.1, 0.15) is 0 Å². The number of nitrogens with one attached hydrogen (secondary N) is 1. The SMILES string of the molecule is O=C1c2ccccc2-c2c1c1c(c(=O)n2CCNCCO)C=CCC1. The number of aromatic nitrogens is 1. The number of hydrogen-bond donors (Lipinski definition) is 2. The Morgan fingerprint density at radius 3 is 2.72 bits per heavy atom. The van der Waals surface area contributed by atoms with Crippen molar-refractivity contribution in [3.63, 3.8) is 0 Å². The second-order valence-electron chi connectivity index (χ2n) is 6.36. The quantitative estimate of drug-likeness (QED) is 0.694. The number of aliphatic hydroxyl groups is 1. The van der Waals surface area contributed by atoms with Crippen LogP contribution in [0.25, 0.3) is 17.3 Å². The zero-order chi connectivity index (χ0) is 17.4. The van der Waals surface area contributed by atoms with E-state index in [4.69, 9.17) is 5.11 Å². The van der Waals surface area contributed by atoms with Gasteiger partial charge in [0.15, 0.2) is 5.78 Å². The van der Waals surface area contributed by atoms with Gasteiger partial charge in [0, 0.05) is 36.3 Å². The van der Waals surface area contributed by atoms with Crippen LogP contribution in [0.3, 0.4) is 0 Å². The first kappa shape index (κ1) is 16.0. The zero-order valence-corrected chi connectivity index (χ0v) is 13.9. The molecule has 1 aromatic carbocycles. The predicted molar refractivity (Wildman–Crippen MR) is 96.9 cm³/mol. The lowest BCUT2D eigenvalue weighted by atomic mass is 9.92. The molecule has 5 heteroatoms. The fraction of sp³-hybridized carbons (Fsp3) is 0.300. The number of fused-ring (bicyclic) bond motifs is 5. The van der Waals surface area contributed by atoms with Crippen LogP contribution in [0.15, 0.2) is 35.1 Å². The summed E-state index contributed by atoms with van der Waals surface area (Å²) in [5, 5.41) is 12.0. The van der Waals surface area contributed by atoms with Gasteiger partial charge in [0.05, 0.1) is 17.9 Å². The highest BCUT2D eigenvalue weighted by molar-refractivity contribution is 6.22. The fourth-order valence-corrected chi connectivity index (χ4v) is 3.80. The van der Waals surface area contributed by atoms with E-state index < -0.39 is 0 Å². The van der Waals surface area contributed by atoms with Crippen molar-refractivity contribution in [2.75, 3.05) is 19.7 Å². The second-order valence-corrected chi connectivity index (χ2v) is 6.36. The van der Waals surface area contributed by atoms with E-state index in [1.165, 1.54) is 0 Å². The number of pyridine rings is 1. The van der Waals surface area contributed by atoms with Crippen LogP contribution in [0.2, 0.25) is 0 Å². The fourth-order valence-electron chi connectivity index (χ4n) is 3.80. The molecule has 1 heterocycles. The molecule has 1 aromatic heterocycles. The van der Waals surface area contributed by atoms with E-state index >= 15 is 0 Å². The molecule has 0 spiro atoms. The number of ketones is 1. The van der Waals surface area contributed by atoms with Crippen LogP contribution in [0.5, 0.6) is 0 Å². The van der Waals surface area contributed by atoms with Crippen molar-refractivity contribution in [1.29, 1.82) is 0 Å². The van der Waals surface area contributed by atoms with Gasteiger partial charge < -0.3 is 15.0 Å². The summed E-state index contributed by atoms with van der Waals surface area (Å²) in [6.45, 7) is 1.56. The van der Waals surface area contributed by atoms with Crippen molar-refractivity contribution in [2.45, 2.75) is 19.4 Å². The minimum Gasteiger partial charge on any atom is -0.395 e. The molecule has 0 radical (unpaired) electrons. The van der Waals surface area contributed by atoms with Gasteiger partial charge in [-0.05, 0) is 18.4 Å². The molecule has 0 unspecified atom stereocenters. The molecule has 2 N–H and O–H groups in total. The third kappa shape index (κ3) is 2.47. The van der Waals surface area contributed by atoms with E-state index in [2.05, 4.69) is 5.32 Å². The normalized spacial score (nSPS) is 14.4. The molecule has 128 valence electrons. The Morgan fingerprint density at radius 1 is 1.12 bits per heavy atom. The summed E-state index contributed by atoms with van der Waals surface area (Å²) in [4.78, 5) is 26.1. The summed E-state index contributed by atoms with van der Waals surface area (Å²) < 4.78 is 1.72. The molecule has 25 heavy (non-hydrogen) atoms. The number of rotatable bonds is 5. The maximum atomic E-state index is 13.1. The molecule has 0 saturated heterocycles. The molecular formula is C20H20N2O3. The van der Waals surface area contributed by atoms with Crippen molar-refractivity contribution >= 4 is 11.9 Å². The monoisotopic (exact) mass is 336 g/mol. The lowest BCUT2D eigenvalue weighted by molar-refractivity contribution is 0.104. The van der Waals surface area contributed by atoms with Crippen molar-refractivity contribution in [3.8, 4) is 11.3 Å². The molecule has 0 fully saturated rings. The number of allylic oxidation sites excluding steroid dienone is 1. The average molecular weight is 336 g/mol. The van der Waals surface area contributed by atoms with Gasteiger partial charge in [-0.1, -0.05) is 36.4 Å². The Labute approximate surface area is 145 Å². The third-order valence-electron chi connectivity index (χ3n) is 4.91. The molecule has 2 aromatic rings. The van der Waals surface area contributed by atoms with E-state index in [1.54, 1.807) is 4.57 Å². The first-order valence-electron chi connectivity index (χ1n) is 8.66. The number of nitrogens with zero attached hydrogens (tertiary/aromatic N) is 1. The van der Waals surface area contributed by atoms with Gasteiger partial charge in [-0.2, -0.15) is 0 Å². The Bertz CT molecular complexity index is 941. The molecule has 0 saturated carbocycles. The van der Waals surface area contributed by atoms with Gasteiger partial charge in [-0.3, -0.25) is 9.59 Å². The number of aliphatic hydroxyl groups excluding tert-OH is 1. The number of hydrogen-bond acceptors (Lipinski definition) is 4. The highest BCUT2D eigenvalue weighted by Crippen LogP contribution is 2.39. The van der Waals surface area contributed by atoms with Crippen molar-refractivity contribution in [2.24, 2.45) is 0 Å². The van der Waals surface area contributed by atoms with Crippen LogP contribution >= 0.6 is 0 Å². The Morgan fingerprint density at radius 2 is 1.92 bits per heavy atom. The van der Waals surface area contributed by atoms with Crippen LogP contribution in [-0.2, 0) is 13.0 Å². The van der Waals surface area contributed by atoms with Crippen LogP contribution < -0.4 is 10.9 Å². The predicted octanol–water partition coefficient (Wildman–Crippen LogP) is 1.60. The molecule has 0 atom stereocenters. The summed E-state index contributed by atoms with van der Waals surface area (Å²) in [6.07, 6.45) is 5.43. The number of carbonyl (C=O) groups is 1. The van der Waals surface area contributed by atoms with Crippen molar-refractivity contribution in [3.05, 3.63) is 62.9 Å². The molecule has 4 rings (SSSR count). The Hall–Kier alpha value is -2.50. The highest BCUT2D eigenvalue weighted by atomic mass is 16.3. The third-order valence-corrected chi connectivity index (χ3v) is 4.91. The summed E-state index contributed by atoms with van der Waals surface area (Å²) in [7, 11) is 0. The highest BCUT2D eigenvalue weighted by Gasteiger charge is 2.34. The van der Waals surface area contributed by atoms with Gasteiger partial charge in [0.25, 0.3) is 5.56 Å². The van der Waals surface area contributed by atoms with E-state index in [9.17, 15) is 9.59 Å². The Balaban J connectivity index is 1.92. The van der Waals surface area contributed by atoms with Gasteiger partial charge >= 0.3 is 0 Å². The molecule has 2 aliphatic carbocycles. The maximum absolute atomic E-state index is 13.1. The van der Waals surface area contributed by atoms with Crippen LogP contribution in [0.4, 0.5) is 0 Å². The molecule has 0 bridgehead atoms. The number of benzene rings is 1. The van der Waals surface area contributed by atoms with Crippen LogP contribution in [0, 0.1) is 0 Å². The molecule has 5 nitrogen and oxygen atoms in total. The standard InChI is InChI=1S/C20H20N2O3/c23-12-10-21-9-11-22-18-14-6-2-3-7-15(14)19(24)17(18)13-5-1-4-8-16(13)20(22)25/h2-4,6-8,21,23H,1,5,9-12H2. The van der Waals surface area contributed by atoms with E-state index in [0.717, 1.165) is 29.7 Å². The number of carbonyl (C=O) groups excluding carboxylic acids is 1. The summed E-state index contributed by atoms with van der Waals surface area (Å²) in [6, 6.07) is 7.52. The summed E-state index contributed by atoms with van der Waals surface area (Å²) >= 11 is 0. The smallest absolute Gasteiger partial charge is 0.258 e. The zero-order valence-electron chi connectivity index (χ0n) is 13.9.